The van der Waals surface area contributed by atoms with E-state index >= 15 is 0 Å². The van der Waals surface area contributed by atoms with E-state index in [0.717, 1.165) is 0 Å². The molecule has 6 heteroatoms. The van der Waals surface area contributed by atoms with Crippen LogP contribution in [-0.2, 0) is 4.21 Å². The van der Waals surface area contributed by atoms with Crippen LogP contribution in [0.2, 0.25) is 0 Å². The number of rotatable bonds is 3. The van der Waals surface area contributed by atoms with Crippen molar-refractivity contribution in [2.45, 2.75) is 0 Å². The van der Waals surface area contributed by atoms with E-state index in [-0.39, 0.29) is 5.75 Å². The van der Waals surface area contributed by atoms with Crippen LogP contribution in [-0.4, -0.2) is 12.3 Å². The monoisotopic (exact) mass is 190 g/mol. The van der Waals surface area contributed by atoms with Crippen LogP contribution in [0.4, 0.5) is 4.39 Å². The number of benzene rings is 1. The summed E-state index contributed by atoms with van der Waals surface area (Å²) in [4.78, 5) is 0. The van der Waals surface area contributed by atoms with Gasteiger partial charge in [-0.1, -0.05) is 12.1 Å². The molecule has 0 spiro atoms. The highest BCUT2D eigenvalue weighted by molar-refractivity contribution is 6.42. The van der Waals surface area contributed by atoms with Gasteiger partial charge in [-0.25, -0.2) is 4.39 Å². The van der Waals surface area contributed by atoms with Crippen molar-refractivity contribution in [3.8, 4) is 5.75 Å². The lowest BCUT2D eigenvalue weighted by Crippen LogP contribution is -2.22. The fraction of sp³-hybridized carbons (Fsp3) is 0. The Labute approximate surface area is 74.0 Å². The van der Waals surface area contributed by atoms with E-state index in [4.69, 9.17) is 16.9 Å². The fourth-order valence-corrected chi connectivity index (χ4v) is 0.703. The van der Waals surface area contributed by atoms with Gasteiger partial charge in [0.25, 0.3) is 0 Å². The molecule has 0 saturated heterocycles. The minimum absolute atomic E-state index is 0.120. The van der Waals surface area contributed by atoms with Gasteiger partial charge in [-0.2, -0.15) is 0 Å². The van der Waals surface area contributed by atoms with Crippen LogP contribution in [0.25, 0.3) is 0 Å². The molecule has 1 N–H and O–H groups in total. The molecule has 0 aliphatic heterocycles. The van der Waals surface area contributed by atoms with E-state index in [9.17, 15) is 4.39 Å². The normalized spacial score (nSPS) is 9.58. The third kappa shape index (κ3) is 2.37. The van der Waals surface area contributed by atoms with Crippen molar-refractivity contribution in [3.05, 3.63) is 30.1 Å². The van der Waals surface area contributed by atoms with Crippen molar-refractivity contribution in [3.63, 3.8) is 0 Å². The van der Waals surface area contributed by atoms with Crippen LogP contribution in [0, 0.1) is 5.82 Å². The number of para-hydroxylation sites is 1. The summed E-state index contributed by atoms with van der Waals surface area (Å²) in [5.41, 5.74) is 0. The van der Waals surface area contributed by atoms with Crippen molar-refractivity contribution >= 4 is 19.2 Å². The minimum atomic E-state index is -1.66. The Bertz CT molecular complexity index is 260. The first kappa shape index (κ1) is 9.31. The molecule has 0 heterocycles. The zero-order valence-corrected chi connectivity index (χ0v) is 6.66. The molecule has 0 aliphatic rings. The number of hydrogen-bond donors (Lipinski definition) is 1. The molecule has 12 heavy (non-hydrogen) atoms. The Kier molecular flexibility index (Phi) is 3.34. The van der Waals surface area contributed by atoms with Crippen LogP contribution >= 0.6 is 11.9 Å². The third-order valence-electron chi connectivity index (χ3n) is 1.14. The molecule has 0 unspecified atom stereocenters. The third-order valence-corrected chi connectivity index (χ3v) is 1.29. The van der Waals surface area contributed by atoms with Crippen LogP contribution in [0.15, 0.2) is 24.3 Å². The van der Waals surface area contributed by atoms with Crippen molar-refractivity contribution in [1.82, 2.24) is 0 Å². The van der Waals surface area contributed by atoms with Crippen molar-refractivity contribution in [2.75, 3.05) is 0 Å². The van der Waals surface area contributed by atoms with Crippen LogP contribution in [0.3, 0.4) is 0 Å². The Morgan fingerprint density at radius 2 is 2.08 bits per heavy atom. The first-order valence-electron chi connectivity index (χ1n) is 3.10. The van der Waals surface area contributed by atoms with Gasteiger partial charge in [-0.15, -0.1) is 0 Å². The zero-order valence-electron chi connectivity index (χ0n) is 5.91. The average Bonchev–Trinajstić information content (AvgIpc) is 2.09. The van der Waals surface area contributed by atoms with Gasteiger partial charge >= 0.3 is 7.32 Å². The van der Waals surface area contributed by atoms with E-state index < -0.39 is 13.1 Å². The van der Waals surface area contributed by atoms with Crippen molar-refractivity contribution in [2.24, 2.45) is 0 Å². The van der Waals surface area contributed by atoms with Gasteiger partial charge in [0.1, 0.15) is 5.75 Å². The summed E-state index contributed by atoms with van der Waals surface area (Å²) in [5, 5.41) is 8.69. The molecular formula is C6H5BClFO3. The van der Waals surface area contributed by atoms with Gasteiger partial charge in [0.2, 0.25) is 0 Å². The minimum Gasteiger partial charge on any atom is -0.509 e. The molecule has 0 bridgehead atoms. The summed E-state index contributed by atoms with van der Waals surface area (Å²) < 4.78 is 21.1. The maximum atomic E-state index is 12.8. The van der Waals surface area contributed by atoms with E-state index in [2.05, 4.69) is 8.86 Å². The summed E-state index contributed by atoms with van der Waals surface area (Å²) in [7, 11) is -1.66. The molecule has 0 aromatic heterocycles. The molecule has 3 nitrogen and oxygen atoms in total. The number of halogens is 2. The van der Waals surface area contributed by atoms with Crippen LogP contribution in [0.5, 0.6) is 5.75 Å². The second-order valence-electron chi connectivity index (χ2n) is 1.94. The molecule has 0 atom stereocenters. The van der Waals surface area contributed by atoms with E-state index in [1.54, 1.807) is 6.07 Å². The van der Waals surface area contributed by atoms with Crippen LogP contribution < -0.4 is 4.65 Å². The van der Waals surface area contributed by atoms with E-state index in [0.29, 0.717) is 0 Å². The molecule has 64 valence electrons. The van der Waals surface area contributed by atoms with E-state index in [1.807, 2.05) is 0 Å². The summed E-state index contributed by atoms with van der Waals surface area (Å²) in [6, 6.07) is 5.58. The van der Waals surface area contributed by atoms with Gasteiger partial charge in [-0.05, 0) is 12.1 Å². The second-order valence-corrected chi connectivity index (χ2v) is 2.12. The lowest BCUT2D eigenvalue weighted by atomic mass is 10.2. The van der Waals surface area contributed by atoms with Crippen molar-refractivity contribution < 1.29 is 18.3 Å². The Morgan fingerprint density at radius 1 is 1.42 bits per heavy atom. The van der Waals surface area contributed by atoms with Gasteiger partial charge in [-0.3, -0.25) is 4.21 Å². The summed E-state index contributed by atoms with van der Waals surface area (Å²) in [6.07, 6.45) is 0. The van der Waals surface area contributed by atoms with Gasteiger partial charge in [0, 0.05) is 11.9 Å². The molecule has 0 aliphatic carbocycles. The molecule has 0 amide bonds. The lowest BCUT2D eigenvalue weighted by Gasteiger charge is -2.05. The maximum Gasteiger partial charge on any atom is 0.727 e. The molecule has 0 fully saturated rings. The SMILES string of the molecule is OB(OCl)Oc1ccccc1F. The van der Waals surface area contributed by atoms with E-state index in [1.165, 1.54) is 18.2 Å². The van der Waals surface area contributed by atoms with Gasteiger partial charge in [0.05, 0.1) is 0 Å². The maximum absolute atomic E-state index is 12.8. The summed E-state index contributed by atoms with van der Waals surface area (Å²) in [6.45, 7) is 0. The molecule has 1 aromatic carbocycles. The van der Waals surface area contributed by atoms with Crippen LogP contribution in [0.1, 0.15) is 0 Å². The molecule has 0 radical (unpaired) electrons. The fourth-order valence-electron chi connectivity index (χ4n) is 0.667. The smallest absolute Gasteiger partial charge is 0.509 e. The highest BCUT2D eigenvalue weighted by atomic mass is 35.5. The molecule has 0 saturated carbocycles. The Hall–Kier alpha value is -0.775. The average molecular weight is 190 g/mol. The first-order chi connectivity index (χ1) is 5.74. The summed E-state index contributed by atoms with van der Waals surface area (Å²) >= 11 is 4.76. The lowest BCUT2D eigenvalue weighted by molar-refractivity contribution is 0.302. The predicted octanol–water partition coefficient (Wildman–Crippen LogP) is 1.35. The second kappa shape index (κ2) is 4.30. The number of hydrogen-bond acceptors (Lipinski definition) is 3. The topological polar surface area (TPSA) is 38.7 Å². The highest BCUT2D eigenvalue weighted by Crippen LogP contribution is 2.15. The Balaban J connectivity index is 2.69. The quantitative estimate of drug-likeness (QED) is 0.731. The molecular weight excluding hydrogens is 185 g/mol. The Morgan fingerprint density at radius 3 is 2.67 bits per heavy atom. The first-order valence-corrected chi connectivity index (χ1v) is 3.41. The standard InChI is InChI=1S/C6H5BClFO3/c8-12-7(10)11-6-4-2-1-3-5(6)9/h1-4,10H. The largest absolute Gasteiger partial charge is 0.727 e. The van der Waals surface area contributed by atoms with Crippen molar-refractivity contribution in [1.29, 1.82) is 0 Å². The van der Waals surface area contributed by atoms with Gasteiger partial charge < -0.3 is 9.68 Å². The predicted molar refractivity (Wildman–Crippen MR) is 41.9 cm³/mol. The highest BCUT2D eigenvalue weighted by Gasteiger charge is 2.19. The molecule has 1 aromatic rings. The summed E-state index contributed by atoms with van der Waals surface area (Å²) in [5.74, 6) is -0.712. The molecule has 1 rings (SSSR count). The van der Waals surface area contributed by atoms with Gasteiger partial charge in [0.15, 0.2) is 5.82 Å². The zero-order chi connectivity index (χ0) is 8.97.